The van der Waals surface area contributed by atoms with E-state index in [9.17, 15) is 13.2 Å². The van der Waals surface area contributed by atoms with Crippen LogP contribution in [0, 0.1) is 0 Å². The number of nitrogens with zero attached hydrogens (tertiary/aromatic N) is 2. The topological polar surface area (TPSA) is 78.8 Å². The average Bonchev–Trinajstić information content (AvgIpc) is 2.82. The fraction of sp³-hybridized carbons (Fsp3) is 0.467. The van der Waals surface area contributed by atoms with Gasteiger partial charge < -0.3 is 10.2 Å². The maximum Gasteiger partial charge on any atom is 0.286 e. The number of amides is 1. The number of amidine groups is 1. The van der Waals surface area contributed by atoms with E-state index in [1.807, 2.05) is 4.90 Å². The standard InChI is InChI=1S/C15H18ClN3O3S2/c16-11-5-6-12-13(9-11)24(21,22)18-15(17-12)23-10-14(20)19-7-3-1-2-4-8-19/h5-6,9H,1-4,7-8,10H2,(H,17,18). The number of likely N-dealkylation sites (tertiary alicyclic amines) is 1. The molecule has 6 nitrogen and oxygen atoms in total. The third-order valence-corrected chi connectivity index (χ3v) is 6.48. The van der Waals surface area contributed by atoms with Gasteiger partial charge in [-0.05, 0) is 31.0 Å². The number of halogens is 1. The predicted molar refractivity (Wildman–Crippen MR) is 97.2 cm³/mol. The third kappa shape index (κ3) is 4.04. The van der Waals surface area contributed by atoms with E-state index in [1.54, 1.807) is 12.1 Å². The van der Waals surface area contributed by atoms with Crippen LogP contribution < -0.4 is 5.32 Å². The number of benzene rings is 1. The van der Waals surface area contributed by atoms with Crippen molar-refractivity contribution in [1.82, 2.24) is 4.90 Å². The second-order valence-electron chi connectivity index (χ2n) is 5.72. The first-order valence-electron chi connectivity index (χ1n) is 7.78. The second kappa shape index (κ2) is 7.33. The molecule has 0 radical (unpaired) electrons. The zero-order chi connectivity index (χ0) is 17.2. The summed E-state index contributed by atoms with van der Waals surface area (Å²) in [7, 11) is -3.80. The van der Waals surface area contributed by atoms with E-state index in [0.29, 0.717) is 10.7 Å². The van der Waals surface area contributed by atoms with Crippen molar-refractivity contribution in [3.05, 3.63) is 23.2 Å². The zero-order valence-electron chi connectivity index (χ0n) is 13.0. The van der Waals surface area contributed by atoms with Gasteiger partial charge in [0.2, 0.25) is 5.91 Å². The molecule has 0 aromatic heterocycles. The molecule has 1 N–H and O–H groups in total. The van der Waals surface area contributed by atoms with E-state index in [2.05, 4.69) is 9.71 Å². The molecule has 0 bridgehead atoms. The Morgan fingerprint density at radius 1 is 1.25 bits per heavy atom. The molecule has 1 aromatic rings. The smallest absolute Gasteiger partial charge is 0.286 e. The monoisotopic (exact) mass is 387 g/mol. The van der Waals surface area contributed by atoms with Gasteiger partial charge in [-0.3, -0.25) is 4.79 Å². The van der Waals surface area contributed by atoms with Crippen molar-refractivity contribution in [2.75, 3.05) is 24.2 Å². The van der Waals surface area contributed by atoms with Crippen LogP contribution >= 0.6 is 23.4 Å². The molecule has 130 valence electrons. The molecule has 0 unspecified atom stereocenters. The summed E-state index contributed by atoms with van der Waals surface area (Å²) in [5.41, 5.74) is 0.430. The van der Waals surface area contributed by atoms with E-state index < -0.39 is 10.0 Å². The summed E-state index contributed by atoms with van der Waals surface area (Å²) in [5, 5.41) is 3.51. The normalized spacial score (nSPS) is 19.7. The third-order valence-electron chi connectivity index (χ3n) is 3.96. The first-order valence-corrected chi connectivity index (χ1v) is 10.6. The lowest BCUT2D eigenvalue weighted by Crippen LogP contribution is -2.34. The Balaban J connectivity index is 1.67. The summed E-state index contributed by atoms with van der Waals surface area (Å²) in [6.45, 7) is 1.55. The fourth-order valence-electron chi connectivity index (χ4n) is 2.71. The fourth-order valence-corrected chi connectivity index (χ4v) is 5.12. The molecule has 0 spiro atoms. The van der Waals surface area contributed by atoms with Crippen molar-refractivity contribution < 1.29 is 13.2 Å². The SMILES string of the molecule is O=C(CSC1=NS(=O)(=O)c2cc(Cl)ccc2N1)N1CCCCCC1. The lowest BCUT2D eigenvalue weighted by atomic mass is 10.2. The number of thioether (sulfide) groups is 1. The summed E-state index contributed by atoms with van der Waals surface area (Å²) in [5.74, 6) is 0.190. The van der Waals surface area contributed by atoms with E-state index in [0.717, 1.165) is 50.5 Å². The van der Waals surface area contributed by atoms with Gasteiger partial charge in [-0.15, -0.1) is 4.40 Å². The largest absolute Gasteiger partial charge is 0.342 e. The Morgan fingerprint density at radius 3 is 2.67 bits per heavy atom. The number of hydrogen-bond donors (Lipinski definition) is 1. The maximum absolute atomic E-state index is 12.3. The highest BCUT2D eigenvalue weighted by Crippen LogP contribution is 2.31. The minimum atomic E-state index is -3.80. The van der Waals surface area contributed by atoms with Crippen LogP contribution in [0.3, 0.4) is 0 Å². The Kier molecular flexibility index (Phi) is 5.36. The Bertz CT molecular complexity index is 772. The summed E-state index contributed by atoms with van der Waals surface area (Å²) in [6.07, 6.45) is 4.36. The van der Waals surface area contributed by atoms with Crippen molar-refractivity contribution in [3.8, 4) is 0 Å². The van der Waals surface area contributed by atoms with Crippen LogP contribution in [-0.2, 0) is 14.8 Å². The minimum Gasteiger partial charge on any atom is -0.342 e. The molecule has 1 saturated heterocycles. The van der Waals surface area contributed by atoms with Crippen molar-refractivity contribution in [1.29, 1.82) is 0 Å². The number of sulfonamides is 1. The van der Waals surface area contributed by atoms with E-state index >= 15 is 0 Å². The number of fused-ring (bicyclic) bond motifs is 1. The summed E-state index contributed by atoms with van der Waals surface area (Å²) >= 11 is 6.96. The van der Waals surface area contributed by atoms with Gasteiger partial charge in [0.15, 0.2) is 5.17 Å². The Labute approximate surface area is 150 Å². The highest BCUT2D eigenvalue weighted by atomic mass is 35.5. The van der Waals surface area contributed by atoms with E-state index in [1.165, 1.54) is 6.07 Å². The van der Waals surface area contributed by atoms with E-state index in [-0.39, 0.29) is 21.7 Å². The van der Waals surface area contributed by atoms with Crippen LogP contribution in [0.1, 0.15) is 25.7 Å². The molecular weight excluding hydrogens is 370 g/mol. The second-order valence-corrected chi connectivity index (χ2v) is 8.69. The number of rotatable bonds is 2. The quantitative estimate of drug-likeness (QED) is 0.843. The number of carbonyl (C=O) groups is 1. The molecule has 24 heavy (non-hydrogen) atoms. The molecule has 0 aliphatic carbocycles. The molecule has 0 atom stereocenters. The molecule has 1 amide bonds. The Morgan fingerprint density at radius 2 is 1.96 bits per heavy atom. The first kappa shape index (κ1) is 17.6. The Hall–Kier alpha value is -1.25. The van der Waals surface area contributed by atoms with Gasteiger partial charge in [0.1, 0.15) is 4.90 Å². The molecule has 3 rings (SSSR count). The number of carbonyl (C=O) groups excluding carboxylic acids is 1. The summed E-state index contributed by atoms with van der Waals surface area (Å²) < 4.78 is 28.2. The lowest BCUT2D eigenvalue weighted by Gasteiger charge is -2.21. The number of hydrogen-bond acceptors (Lipinski definition) is 5. The molecule has 2 heterocycles. The van der Waals surface area contributed by atoms with Gasteiger partial charge in [0, 0.05) is 18.1 Å². The molecule has 1 fully saturated rings. The van der Waals surface area contributed by atoms with Gasteiger partial charge in [0.05, 0.1) is 11.4 Å². The van der Waals surface area contributed by atoms with Crippen LogP contribution in [0.4, 0.5) is 5.69 Å². The van der Waals surface area contributed by atoms with Gasteiger partial charge in [-0.2, -0.15) is 8.42 Å². The number of anilines is 1. The van der Waals surface area contributed by atoms with Gasteiger partial charge >= 0.3 is 0 Å². The average molecular weight is 388 g/mol. The highest BCUT2D eigenvalue weighted by Gasteiger charge is 2.26. The van der Waals surface area contributed by atoms with Gasteiger partial charge in [-0.1, -0.05) is 36.2 Å². The maximum atomic E-state index is 12.3. The van der Waals surface area contributed by atoms with Crippen molar-refractivity contribution >= 4 is 50.1 Å². The van der Waals surface area contributed by atoms with Gasteiger partial charge in [0.25, 0.3) is 10.0 Å². The van der Waals surface area contributed by atoms with Crippen LogP contribution in [0.25, 0.3) is 0 Å². The molecule has 1 aromatic carbocycles. The van der Waals surface area contributed by atoms with Crippen LogP contribution in [0.15, 0.2) is 27.5 Å². The van der Waals surface area contributed by atoms with Crippen LogP contribution in [0.2, 0.25) is 5.02 Å². The number of nitrogens with one attached hydrogen (secondary N) is 1. The van der Waals surface area contributed by atoms with E-state index in [4.69, 9.17) is 11.6 Å². The molecule has 9 heteroatoms. The summed E-state index contributed by atoms with van der Waals surface area (Å²) in [4.78, 5) is 14.2. The zero-order valence-corrected chi connectivity index (χ0v) is 15.4. The minimum absolute atomic E-state index is 0.0192. The predicted octanol–water partition coefficient (Wildman–Crippen LogP) is 2.95. The van der Waals surface area contributed by atoms with Crippen LogP contribution in [-0.4, -0.2) is 43.2 Å². The molecule has 2 aliphatic heterocycles. The molecule has 0 saturated carbocycles. The lowest BCUT2D eigenvalue weighted by molar-refractivity contribution is -0.128. The van der Waals surface area contributed by atoms with Crippen molar-refractivity contribution in [3.63, 3.8) is 0 Å². The van der Waals surface area contributed by atoms with Crippen molar-refractivity contribution in [2.45, 2.75) is 30.6 Å². The van der Waals surface area contributed by atoms with Gasteiger partial charge in [-0.25, -0.2) is 0 Å². The molecule has 2 aliphatic rings. The van der Waals surface area contributed by atoms with Crippen molar-refractivity contribution in [2.24, 2.45) is 4.40 Å². The van der Waals surface area contributed by atoms with Crippen LogP contribution in [0.5, 0.6) is 0 Å². The first-order chi connectivity index (χ1) is 11.5. The molecular formula is C15H18ClN3O3S2. The summed E-state index contributed by atoms with van der Waals surface area (Å²) in [6, 6.07) is 4.58. The highest BCUT2D eigenvalue weighted by molar-refractivity contribution is 8.15.